The SMILES string of the molecule is N#Cc1c2cc(-c3cccnc3)oc(=O)c2c(N)n2nc(-c3cccnc3)cc12. The fraction of sp³-hybridized carbons (Fsp3) is 0. The molecule has 0 saturated heterocycles. The second kappa shape index (κ2) is 6.28. The number of nitriles is 1. The molecule has 138 valence electrons. The van der Waals surface area contributed by atoms with Gasteiger partial charge in [-0.25, -0.2) is 9.31 Å². The van der Waals surface area contributed by atoms with Crippen LogP contribution in [0.3, 0.4) is 0 Å². The van der Waals surface area contributed by atoms with Crippen LogP contribution >= 0.6 is 0 Å². The van der Waals surface area contributed by atoms with Gasteiger partial charge < -0.3 is 10.2 Å². The lowest BCUT2D eigenvalue weighted by molar-refractivity contribution is 0.534. The van der Waals surface area contributed by atoms with Gasteiger partial charge in [-0.3, -0.25) is 9.97 Å². The molecule has 5 rings (SSSR count). The van der Waals surface area contributed by atoms with Crippen LogP contribution in [0, 0.1) is 11.3 Å². The number of rotatable bonds is 2. The highest BCUT2D eigenvalue weighted by Gasteiger charge is 2.20. The number of anilines is 1. The predicted molar refractivity (Wildman–Crippen MR) is 107 cm³/mol. The Bertz CT molecular complexity index is 1480. The largest absolute Gasteiger partial charge is 0.422 e. The lowest BCUT2D eigenvalue weighted by atomic mass is 10.0. The van der Waals surface area contributed by atoms with E-state index in [-0.39, 0.29) is 16.8 Å². The number of aromatic nitrogens is 4. The van der Waals surface area contributed by atoms with E-state index >= 15 is 0 Å². The van der Waals surface area contributed by atoms with E-state index in [1.54, 1.807) is 55.1 Å². The van der Waals surface area contributed by atoms with Crippen molar-refractivity contribution in [3.05, 3.63) is 77.2 Å². The average Bonchev–Trinajstić information content (AvgIpc) is 3.21. The van der Waals surface area contributed by atoms with Gasteiger partial charge in [0, 0.05) is 41.3 Å². The van der Waals surface area contributed by atoms with Gasteiger partial charge in [0.2, 0.25) is 0 Å². The minimum Gasteiger partial charge on any atom is -0.422 e. The number of nitrogen functional groups attached to an aromatic ring is 1. The summed E-state index contributed by atoms with van der Waals surface area (Å²) in [4.78, 5) is 20.9. The predicted octanol–water partition coefficient (Wildman–Crippen LogP) is 3.02. The summed E-state index contributed by atoms with van der Waals surface area (Å²) in [6.07, 6.45) is 6.53. The van der Waals surface area contributed by atoms with Gasteiger partial charge in [-0.1, -0.05) is 0 Å². The van der Waals surface area contributed by atoms with E-state index in [0.717, 1.165) is 5.56 Å². The van der Waals surface area contributed by atoms with Gasteiger partial charge in [0.25, 0.3) is 0 Å². The highest BCUT2D eigenvalue weighted by Crippen LogP contribution is 2.31. The number of hydrogen-bond donors (Lipinski definition) is 1. The molecular weight excluding hydrogens is 368 g/mol. The minimum atomic E-state index is -0.643. The maximum absolute atomic E-state index is 12.8. The third kappa shape index (κ3) is 2.53. The van der Waals surface area contributed by atoms with Gasteiger partial charge in [0.05, 0.1) is 16.8 Å². The summed E-state index contributed by atoms with van der Waals surface area (Å²) in [5, 5.41) is 14.9. The summed E-state index contributed by atoms with van der Waals surface area (Å²) >= 11 is 0. The van der Waals surface area contributed by atoms with Crippen molar-refractivity contribution in [2.24, 2.45) is 0 Å². The van der Waals surface area contributed by atoms with E-state index in [9.17, 15) is 10.1 Å². The van der Waals surface area contributed by atoms with Crippen molar-refractivity contribution in [2.45, 2.75) is 0 Å². The fourth-order valence-electron chi connectivity index (χ4n) is 3.34. The zero-order valence-electron chi connectivity index (χ0n) is 14.9. The van der Waals surface area contributed by atoms with E-state index in [0.29, 0.717) is 27.9 Å². The molecule has 0 aliphatic heterocycles. The van der Waals surface area contributed by atoms with Gasteiger partial charge in [0.15, 0.2) is 0 Å². The lowest BCUT2D eigenvalue weighted by Gasteiger charge is -2.08. The van der Waals surface area contributed by atoms with Crippen LogP contribution in [0.5, 0.6) is 0 Å². The zero-order valence-corrected chi connectivity index (χ0v) is 14.9. The monoisotopic (exact) mass is 380 g/mol. The maximum Gasteiger partial charge on any atom is 0.347 e. The number of nitrogens with zero attached hydrogens (tertiary/aromatic N) is 5. The number of pyridine rings is 3. The lowest BCUT2D eigenvalue weighted by Crippen LogP contribution is -2.10. The summed E-state index contributed by atoms with van der Waals surface area (Å²) in [5.74, 6) is 0.415. The highest BCUT2D eigenvalue weighted by atomic mass is 16.4. The molecule has 0 aliphatic carbocycles. The van der Waals surface area contributed by atoms with Gasteiger partial charge in [-0.2, -0.15) is 10.4 Å². The molecule has 5 heterocycles. The molecule has 0 spiro atoms. The molecule has 8 nitrogen and oxygen atoms in total. The van der Waals surface area contributed by atoms with Crippen LogP contribution in [0.15, 0.2) is 70.4 Å². The summed E-state index contributed by atoms with van der Waals surface area (Å²) in [6, 6.07) is 12.7. The van der Waals surface area contributed by atoms with Gasteiger partial charge >= 0.3 is 5.63 Å². The minimum absolute atomic E-state index is 0.107. The third-order valence-corrected chi connectivity index (χ3v) is 4.69. The van der Waals surface area contributed by atoms with Gasteiger partial charge in [-0.05, 0) is 36.4 Å². The van der Waals surface area contributed by atoms with Gasteiger partial charge in [-0.15, -0.1) is 0 Å². The Morgan fingerprint density at radius 1 is 1.07 bits per heavy atom. The molecule has 0 fully saturated rings. The van der Waals surface area contributed by atoms with Crippen LogP contribution in [-0.2, 0) is 0 Å². The van der Waals surface area contributed by atoms with Crippen molar-refractivity contribution in [1.82, 2.24) is 19.6 Å². The van der Waals surface area contributed by atoms with Crippen LogP contribution in [-0.4, -0.2) is 19.6 Å². The van der Waals surface area contributed by atoms with Crippen LogP contribution in [0.4, 0.5) is 5.82 Å². The second-order valence-corrected chi connectivity index (χ2v) is 6.37. The Morgan fingerprint density at radius 2 is 1.79 bits per heavy atom. The summed E-state index contributed by atoms with van der Waals surface area (Å²) < 4.78 is 6.85. The van der Waals surface area contributed by atoms with Gasteiger partial charge in [0.1, 0.15) is 23.0 Å². The van der Waals surface area contributed by atoms with Crippen molar-refractivity contribution < 1.29 is 4.42 Å². The van der Waals surface area contributed by atoms with Crippen molar-refractivity contribution in [2.75, 3.05) is 5.73 Å². The average molecular weight is 380 g/mol. The van der Waals surface area contributed by atoms with Crippen LogP contribution in [0.1, 0.15) is 5.56 Å². The molecule has 0 atom stereocenters. The Hall–Kier alpha value is -4.51. The molecule has 8 heteroatoms. The molecule has 0 aliphatic rings. The molecule has 0 unspecified atom stereocenters. The quantitative estimate of drug-likeness (QED) is 0.499. The first kappa shape index (κ1) is 16.6. The molecule has 0 bridgehead atoms. The molecular formula is C21H12N6O2. The number of fused-ring (bicyclic) bond motifs is 2. The number of hydrogen-bond acceptors (Lipinski definition) is 7. The molecule has 0 amide bonds. The van der Waals surface area contributed by atoms with E-state index in [4.69, 9.17) is 10.2 Å². The van der Waals surface area contributed by atoms with Crippen LogP contribution < -0.4 is 11.4 Å². The standard InChI is InChI=1S/C21H12N6O2/c22-9-15-14-7-18(13-4-2-6-25-11-13)29-21(28)19(14)20(23)27-17(15)8-16(26-27)12-3-1-5-24-10-12/h1-8,10-11H,23H2. The molecule has 2 N–H and O–H groups in total. The van der Waals surface area contributed by atoms with Crippen molar-refractivity contribution in [3.63, 3.8) is 0 Å². The van der Waals surface area contributed by atoms with E-state index in [1.165, 1.54) is 4.52 Å². The molecule has 0 radical (unpaired) electrons. The Balaban J connectivity index is 1.88. The second-order valence-electron chi connectivity index (χ2n) is 6.37. The first-order valence-corrected chi connectivity index (χ1v) is 8.67. The van der Waals surface area contributed by atoms with E-state index in [2.05, 4.69) is 21.1 Å². The molecule has 0 saturated carbocycles. The maximum atomic E-state index is 12.8. The smallest absolute Gasteiger partial charge is 0.347 e. The molecule has 5 aromatic heterocycles. The third-order valence-electron chi connectivity index (χ3n) is 4.69. The topological polar surface area (TPSA) is 123 Å². The Morgan fingerprint density at radius 3 is 2.45 bits per heavy atom. The van der Waals surface area contributed by atoms with Crippen molar-refractivity contribution in [1.29, 1.82) is 5.26 Å². The van der Waals surface area contributed by atoms with E-state index < -0.39 is 5.63 Å². The first-order chi connectivity index (χ1) is 14.2. The first-order valence-electron chi connectivity index (χ1n) is 8.67. The molecule has 29 heavy (non-hydrogen) atoms. The highest BCUT2D eigenvalue weighted by molar-refractivity contribution is 6.00. The fourth-order valence-corrected chi connectivity index (χ4v) is 3.34. The summed E-state index contributed by atoms with van der Waals surface area (Å²) in [5.41, 5.74) is 8.39. The Labute approximate surface area is 163 Å². The summed E-state index contributed by atoms with van der Waals surface area (Å²) in [6.45, 7) is 0. The zero-order chi connectivity index (χ0) is 20.0. The summed E-state index contributed by atoms with van der Waals surface area (Å²) in [7, 11) is 0. The molecule has 0 aromatic carbocycles. The normalized spacial score (nSPS) is 11.0. The van der Waals surface area contributed by atoms with Crippen LogP contribution in [0.25, 0.3) is 38.9 Å². The van der Waals surface area contributed by atoms with Crippen LogP contribution in [0.2, 0.25) is 0 Å². The molecule has 5 aromatic rings. The Kier molecular flexibility index (Phi) is 3.61. The van der Waals surface area contributed by atoms with E-state index in [1.807, 2.05) is 6.07 Å². The number of nitrogens with two attached hydrogens (primary N) is 1. The van der Waals surface area contributed by atoms with Crippen molar-refractivity contribution in [3.8, 4) is 28.7 Å². The van der Waals surface area contributed by atoms with Crippen molar-refractivity contribution >= 4 is 22.1 Å².